The van der Waals surface area contributed by atoms with Gasteiger partial charge in [0.25, 0.3) is 0 Å². The normalized spacial score (nSPS) is 40.5. The van der Waals surface area contributed by atoms with Gasteiger partial charge in [0, 0.05) is 11.5 Å². The largest absolute Gasteiger partial charge is 0.508 e. The molecule has 1 aromatic carbocycles. The Morgan fingerprint density at radius 2 is 1.76 bits per heavy atom. The number of aliphatic hydroxyl groups is 5. The van der Waals surface area contributed by atoms with Crippen LogP contribution in [0.15, 0.2) is 42.7 Å². The van der Waals surface area contributed by atoms with Gasteiger partial charge in [-0.25, -0.2) is 4.79 Å². The molecule has 3 aliphatic rings. The lowest BCUT2D eigenvalue weighted by Gasteiger charge is -2.46. The van der Waals surface area contributed by atoms with Gasteiger partial charge in [-0.3, -0.25) is 4.79 Å². The van der Waals surface area contributed by atoms with Crippen LogP contribution in [0.1, 0.15) is 25.8 Å². The van der Waals surface area contributed by atoms with E-state index in [2.05, 4.69) is 0 Å². The first kappa shape index (κ1) is 28.2. The van der Waals surface area contributed by atoms with Crippen LogP contribution >= 0.6 is 0 Å². The van der Waals surface area contributed by atoms with E-state index in [1.165, 1.54) is 31.2 Å². The van der Waals surface area contributed by atoms with Crippen molar-refractivity contribution in [3.05, 3.63) is 48.2 Å². The number of ketones is 1. The Morgan fingerprint density at radius 1 is 1.08 bits per heavy atom. The van der Waals surface area contributed by atoms with Crippen LogP contribution in [0.4, 0.5) is 0 Å². The molecule has 0 amide bonds. The lowest BCUT2D eigenvalue weighted by Crippen LogP contribution is -2.62. The Balaban J connectivity index is 1.44. The summed E-state index contributed by atoms with van der Waals surface area (Å²) in [6, 6.07) is 6.05. The summed E-state index contributed by atoms with van der Waals surface area (Å²) in [5.74, 6) is -2.13. The van der Waals surface area contributed by atoms with E-state index in [-0.39, 0.29) is 18.0 Å². The standard InChI is InChI=1S/C26H32O12/c1-13(27)25(2)11-17(29)26(34)9-10-35-24(22(25)26)38-23-21(33)20(32)19(31)16(37-23)12-36-18(30)8-5-14-3-6-15(28)7-4-14/h3-10,16-17,19-24,28-29,31-34H,11-12H2,1-2H3/b8-5+/t16-,17-,19-,20+,21-,22-,23+,24+,25-,26-/m1/s1. The molecule has 12 nitrogen and oxygen atoms in total. The molecule has 0 bridgehead atoms. The molecule has 4 rings (SSSR count). The van der Waals surface area contributed by atoms with Gasteiger partial charge < -0.3 is 49.6 Å². The maximum Gasteiger partial charge on any atom is 0.330 e. The smallest absolute Gasteiger partial charge is 0.330 e. The number of ether oxygens (including phenoxy) is 4. The molecule has 2 aliphatic heterocycles. The summed E-state index contributed by atoms with van der Waals surface area (Å²) < 4.78 is 22.0. The van der Waals surface area contributed by atoms with Crippen LogP contribution in [-0.4, -0.2) is 97.7 Å². The number of phenolic OH excluding ortho intramolecular Hbond substituents is 1. The molecule has 2 fully saturated rings. The molecule has 10 atom stereocenters. The van der Waals surface area contributed by atoms with Crippen molar-refractivity contribution in [3.8, 4) is 5.75 Å². The van der Waals surface area contributed by atoms with E-state index in [0.717, 1.165) is 12.3 Å². The van der Waals surface area contributed by atoms with Crippen LogP contribution < -0.4 is 0 Å². The summed E-state index contributed by atoms with van der Waals surface area (Å²) in [4.78, 5) is 24.6. The highest BCUT2D eigenvalue weighted by Crippen LogP contribution is 2.54. The zero-order valence-corrected chi connectivity index (χ0v) is 20.8. The lowest BCUT2D eigenvalue weighted by molar-refractivity contribution is -0.349. The number of phenols is 1. The maximum absolute atomic E-state index is 12.5. The fourth-order valence-corrected chi connectivity index (χ4v) is 5.18. The third-order valence-electron chi connectivity index (χ3n) is 7.59. The highest BCUT2D eigenvalue weighted by molar-refractivity contribution is 5.87. The molecule has 0 radical (unpaired) electrons. The summed E-state index contributed by atoms with van der Waals surface area (Å²) in [6.45, 7) is 2.37. The van der Waals surface area contributed by atoms with E-state index >= 15 is 0 Å². The number of benzene rings is 1. The number of rotatable bonds is 7. The monoisotopic (exact) mass is 536 g/mol. The van der Waals surface area contributed by atoms with Crippen LogP contribution in [0.25, 0.3) is 6.08 Å². The number of carbonyl (C=O) groups is 2. The first-order valence-corrected chi connectivity index (χ1v) is 12.1. The Bertz CT molecular complexity index is 1090. The minimum Gasteiger partial charge on any atom is -0.508 e. The molecule has 0 spiro atoms. The molecule has 1 saturated carbocycles. The molecular weight excluding hydrogens is 504 g/mol. The molecular formula is C26H32O12. The highest BCUT2D eigenvalue weighted by atomic mass is 16.8. The zero-order valence-electron chi connectivity index (χ0n) is 20.8. The quantitative estimate of drug-likeness (QED) is 0.191. The van der Waals surface area contributed by atoms with Crippen molar-refractivity contribution in [2.24, 2.45) is 11.3 Å². The van der Waals surface area contributed by atoms with E-state index in [9.17, 15) is 40.2 Å². The van der Waals surface area contributed by atoms with Crippen LogP contribution in [0.2, 0.25) is 0 Å². The summed E-state index contributed by atoms with van der Waals surface area (Å²) >= 11 is 0. The van der Waals surface area contributed by atoms with Crippen molar-refractivity contribution in [2.75, 3.05) is 6.61 Å². The SMILES string of the molecule is CC(=O)[C@@]1(C)C[C@@H](O)[C@]2(O)C=CO[C@@H](O[C@@H]3O[C@H](COC(=O)/C=C/c4ccc(O)cc4)[C@@H](O)[C@H](O)[C@H]3O)[C@@H]21. The molecule has 0 unspecified atom stereocenters. The number of fused-ring (bicyclic) bond motifs is 1. The van der Waals surface area contributed by atoms with Gasteiger partial charge in [0.2, 0.25) is 6.29 Å². The third-order valence-corrected chi connectivity index (χ3v) is 7.59. The van der Waals surface area contributed by atoms with E-state index in [1.807, 2.05) is 0 Å². The van der Waals surface area contributed by atoms with E-state index < -0.39 is 72.6 Å². The minimum absolute atomic E-state index is 0.0668. The predicted molar refractivity (Wildman–Crippen MR) is 128 cm³/mol. The Morgan fingerprint density at radius 3 is 2.42 bits per heavy atom. The molecule has 208 valence electrons. The van der Waals surface area contributed by atoms with Gasteiger partial charge in [0.1, 0.15) is 48.2 Å². The summed E-state index contributed by atoms with van der Waals surface area (Å²) in [5.41, 5.74) is -2.49. The van der Waals surface area contributed by atoms with Crippen molar-refractivity contribution in [1.29, 1.82) is 0 Å². The molecule has 0 aromatic heterocycles. The number of carbonyl (C=O) groups excluding carboxylic acids is 2. The highest BCUT2D eigenvalue weighted by Gasteiger charge is 2.66. The number of esters is 1. The van der Waals surface area contributed by atoms with Gasteiger partial charge >= 0.3 is 5.97 Å². The molecule has 12 heteroatoms. The lowest BCUT2D eigenvalue weighted by atomic mass is 9.71. The predicted octanol–water partition coefficient (Wildman–Crippen LogP) is -0.650. The first-order valence-electron chi connectivity index (χ1n) is 12.1. The van der Waals surface area contributed by atoms with Crippen molar-refractivity contribution >= 4 is 17.8 Å². The van der Waals surface area contributed by atoms with Gasteiger partial charge in [-0.15, -0.1) is 0 Å². The van der Waals surface area contributed by atoms with E-state index in [0.29, 0.717) is 5.56 Å². The van der Waals surface area contributed by atoms with E-state index in [1.54, 1.807) is 19.1 Å². The van der Waals surface area contributed by atoms with Crippen molar-refractivity contribution in [3.63, 3.8) is 0 Å². The molecule has 38 heavy (non-hydrogen) atoms. The molecule has 1 aliphatic carbocycles. The Hall–Kier alpha value is -2.84. The number of hydrogen-bond donors (Lipinski definition) is 6. The second kappa shape index (κ2) is 10.7. The molecule has 1 aromatic rings. The average molecular weight is 537 g/mol. The second-order valence-electron chi connectivity index (χ2n) is 10.1. The fourth-order valence-electron chi connectivity index (χ4n) is 5.18. The zero-order chi connectivity index (χ0) is 27.8. The molecule has 6 N–H and O–H groups in total. The van der Waals surface area contributed by atoms with Crippen LogP contribution in [0.5, 0.6) is 5.75 Å². The topological polar surface area (TPSA) is 192 Å². The van der Waals surface area contributed by atoms with Crippen molar-refractivity contribution in [2.45, 2.75) is 69.0 Å². The van der Waals surface area contributed by atoms with Gasteiger partial charge in [-0.2, -0.15) is 0 Å². The van der Waals surface area contributed by atoms with Gasteiger partial charge in [0.15, 0.2) is 6.29 Å². The fraction of sp³-hybridized carbons (Fsp3) is 0.538. The van der Waals surface area contributed by atoms with Gasteiger partial charge in [-0.1, -0.05) is 19.1 Å². The first-order chi connectivity index (χ1) is 17.9. The van der Waals surface area contributed by atoms with Gasteiger partial charge in [-0.05, 0) is 43.2 Å². The number of hydrogen-bond acceptors (Lipinski definition) is 12. The second-order valence-corrected chi connectivity index (χ2v) is 10.1. The number of aliphatic hydroxyl groups excluding tert-OH is 4. The molecule has 1 saturated heterocycles. The summed E-state index contributed by atoms with van der Waals surface area (Å²) in [5, 5.41) is 62.3. The number of Topliss-reactive ketones (excluding diaryl/α,β-unsaturated/α-hetero) is 1. The third kappa shape index (κ3) is 5.21. The average Bonchev–Trinajstić information content (AvgIpc) is 3.09. The van der Waals surface area contributed by atoms with Gasteiger partial charge in [0.05, 0.1) is 18.3 Å². The Labute approximate surface area is 218 Å². The summed E-state index contributed by atoms with van der Waals surface area (Å²) in [6.07, 6.45) is -5.90. The van der Waals surface area contributed by atoms with Crippen molar-refractivity contribution < 1.29 is 59.2 Å². The maximum atomic E-state index is 12.5. The minimum atomic E-state index is -1.86. The van der Waals surface area contributed by atoms with Crippen LogP contribution in [0.3, 0.4) is 0 Å². The number of aromatic hydroxyl groups is 1. The molecule has 2 heterocycles. The Kier molecular flexibility index (Phi) is 7.96. The van der Waals surface area contributed by atoms with Crippen molar-refractivity contribution in [1.82, 2.24) is 0 Å². The van der Waals surface area contributed by atoms with Crippen LogP contribution in [-0.2, 0) is 28.5 Å². The van der Waals surface area contributed by atoms with E-state index in [4.69, 9.17) is 18.9 Å². The van der Waals surface area contributed by atoms with Crippen LogP contribution in [0, 0.1) is 11.3 Å². The summed E-state index contributed by atoms with van der Waals surface area (Å²) in [7, 11) is 0.